The van der Waals surface area contributed by atoms with Crippen LogP contribution in [0.3, 0.4) is 0 Å². The maximum absolute atomic E-state index is 2.46. The summed E-state index contributed by atoms with van der Waals surface area (Å²) in [6.45, 7) is 2.99. The fourth-order valence-electron chi connectivity index (χ4n) is 2.80. The maximum Gasteiger partial charge on any atom is 0.0430 e. The first-order chi connectivity index (χ1) is 11.2. The van der Waals surface area contributed by atoms with Gasteiger partial charge in [-0.15, -0.1) is 0 Å². The SMILES string of the molecule is CN(C)CCN(Cc1ccccc1)c1ccc2ccccc2c1. The van der Waals surface area contributed by atoms with E-state index in [-0.39, 0.29) is 0 Å². The van der Waals surface area contributed by atoms with E-state index < -0.39 is 0 Å². The van der Waals surface area contributed by atoms with E-state index >= 15 is 0 Å². The van der Waals surface area contributed by atoms with Crippen molar-refractivity contribution in [3.05, 3.63) is 78.4 Å². The summed E-state index contributed by atoms with van der Waals surface area (Å²) < 4.78 is 0. The molecule has 0 bridgehead atoms. The zero-order valence-electron chi connectivity index (χ0n) is 13.9. The maximum atomic E-state index is 2.46. The fourth-order valence-corrected chi connectivity index (χ4v) is 2.80. The predicted octanol–water partition coefficient (Wildman–Crippen LogP) is 4.41. The average Bonchev–Trinajstić information content (AvgIpc) is 2.59. The predicted molar refractivity (Wildman–Crippen MR) is 100.0 cm³/mol. The van der Waals surface area contributed by atoms with Gasteiger partial charge in [-0.1, -0.05) is 60.7 Å². The largest absolute Gasteiger partial charge is 0.366 e. The molecule has 2 nitrogen and oxygen atoms in total. The van der Waals surface area contributed by atoms with Gasteiger partial charge in [0.2, 0.25) is 0 Å². The average molecular weight is 304 g/mol. The third-order valence-corrected chi connectivity index (χ3v) is 4.13. The molecule has 0 spiro atoms. The molecule has 2 heteroatoms. The van der Waals surface area contributed by atoms with Gasteiger partial charge in [0.15, 0.2) is 0 Å². The van der Waals surface area contributed by atoms with Gasteiger partial charge in [-0.25, -0.2) is 0 Å². The summed E-state index contributed by atoms with van der Waals surface area (Å²) in [7, 11) is 4.25. The summed E-state index contributed by atoms with van der Waals surface area (Å²) in [5, 5.41) is 2.59. The molecule has 118 valence electrons. The van der Waals surface area contributed by atoms with E-state index in [9.17, 15) is 0 Å². The van der Waals surface area contributed by atoms with Crippen LogP contribution in [0.5, 0.6) is 0 Å². The Kier molecular flexibility index (Phi) is 4.94. The molecule has 0 saturated carbocycles. The number of hydrogen-bond donors (Lipinski definition) is 0. The molecule has 0 aliphatic rings. The van der Waals surface area contributed by atoms with E-state index in [0.29, 0.717) is 0 Å². The first-order valence-electron chi connectivity index (χ1n) is 8.15. The van der Waals surface area contributed by atoms with Crippen molar-refractivity contribution < 1.29 is 0 Å². The Balaban J connectivity index is 1.88. The van der Waals surface area contributed by atoms with Crippen LogP contribution >= 0.6 is 0 Å². The molecule has 0 unspecified atom stereocenters. The van der Waals surface area contributed by atoms with Gasteiger partial charge in [0, 0.05) is 25.3 Å². The molecule has 0 aromatic heterocycles. The van der Waals surface area contributed by atoms with Crippen LogP contribution in [0, 0.1) is 0 Å². The number of anilines is 1. The van der Waals surface area contributed by atoms with Crippen molar-refractivity contribution in [1.29, 1.82) is 0 Å². The van der Waals surface area contributed by atoms with E-state index in [2.05, 4.69) is 96.7 Å². The molecule has 0 radical (unpaired) electrons. The lowest BCUT2D eigenvalue weighted by Crippen LogP contribution is -2.31. The monoisotopic (exact) mass is 304 g/mol. The quantitative estimate of drug-likeness (QED) is 0.665. The number of benzene rings is 3. The minimum atomic E-state index is 0.938. The summed E-state index contributed by atoms with van der Waals surface area (Å²) in [6, 6.07) is 26.0. The Hall–Kier alpha value is -2.32. The Bertz CT molecular complexity index is 750. The summed E-state index contributed by atoms with van der Waals surface area (Å²) >= 11 is 0. The first-order valence-corrected chi connectivity index (χ1v) is 8.15. The zero-order valence-corrected chi connectivity index (χ0v) is 13.9. The summed E-state index contributed by atoms with van der Waals surface area (Å²) in [4.78, 5) is 4.70. The van der Waals surface area contributed by atoms with E-state index in [1.54, 1.807) is 0 Å². The van der Waals surface area contributed by atoms with Crippen LogP contribution in [0.2, 0.25) is 0 Å². The van der Waals surface area contributed by atoms with Gasteiger partial charge in [-0.2, -0.15) is 0 Å². The number of nitrogens with zero attached hydrogens (tertiary/aromatic N) is 2. The van der Waals surface area contributed by atoms with Crippen molar-refractivity contribution in [2.45, 2.75) is 6.54 Å². The molecule has 0 amide bonds. The zero-order chi connectivity index (χ0) is 16.1. The Morgan fingerprint density at radius 2 is 1.39 bits per heavy atom. The van der Waals surface area contributed by atoms with Gasteiger partial charge < -0.3 is 9.80 Å². The Morgan fingerprint density at radius 1 is 0.696 bits per heavy atom. The van der Waals surface area contributed by atoms with Gasteiger partial charge in [-0.3, -0.25) is 0 Å². The minimum absolute atomic E-state index is 0.938. The van der Waals surface area contributed by atoms with Gasteiger partial charge >= 0.3 is 0 Å². The lowest BCUT2D eigenvalue weighted by atomic mass is 10.1. The van der Waals surface area contributed by atoms with Crippen molar-refractivity contribution >= 4 is 16.5 Å². The molecule has 0 atom stereocenters. The van der Waals surface area contributed by atoms with E-state index in [1.165, 1.54) is 22.0 Å². The molecule has 0 saturated heterocycles. The van der Waals surface area contributed by atoms with Gasteiger partial charge in [-0.05, 0) is 42.6 Å². The van der Waals surface area contributed by atoms with Gasteiger partial charge in [0.1, 0.15) is 0 Å². The molecule has 0 N–H and O–H groups in total. The Labute approximate surface area is 139 Å². The van der Waals surface area contributed by atoms with Crippen molar-refractivity contribution in [3.8, 4) is 0 Å². The number of likely N-dealkylation sites (N-methyl/N-ethyl adjacent to an activating group) is 1. The van der Waals surface area contributed by atoms with E-state index in [0.717, 1.165) is 19.6 Å². The molecule has 0 aliphatic heterocycles. The standard InChI is InChI=1S/C21H24N2/c1-22(2)14-15-23(17-18-8-4-3-5-9-18)21-13-12-19-10-6-7-11-20(19)16-21/h3-13,16H,14-15,17H2,1-2H3. The third-order valence-electron chi connectivity index (χ3n) is 4.13. The van der Waals surface area contributed by atoms with Crippen molar-refractivity contribution in [3.63, 3.8) is 0 Å². The molecule has 0 aliphatic carbocycles. The summed E-state index contributed by atoms with van der Waals surface area (Å²) in [5.74, 6) is 0. The van der Waals surface area contributed by atoms with Crippen LogP contribution in [0.4, 0.5) is 5.69 Å². The van der Waals surface area contributed by atoms with Crippen LogP contribution in [0.15, 0.2) is 72.8 Å². The third kappa shape index (κ3) is 4.11. The van der Waals surface area contributed by atoms with Crippen molar-refractivity contribution in [1.82, 2.24) is 4.90 Å². The molecular weight excluding hydrogens is 280 g/mol. The highest BCUT2D eigenvalue weighted by Gasteiger charge is 2.08. The highest BCUT2D eigenvalue weighted by Crippen LogP contribution is 2.23. The normalized spacial score (nSPS) is 11.1. The van der Waals surface area contributed by atoms with Crippen LogP contribution in [0.1, 0.15) is 5.56 Å². The highest BCUT2D eigenvalue weighted by molar-refractivity contribution is 5.85. The molecule has 3 aromatic rings. The second-order valence-electron chi connectivity index (χ2n) is 6.24. The first kappa shape index (κ1) is 15.6. The lowest BCUT2D eigenvalue weighted by Gasteiger charge is -2.27. The van der Waals surface area contributed by atoms with Gasteiger partial charge in [0.25, 0.3) is 0 Å². The summed E-state index contributed by atoms with van der Waals surface area (Å²) in [6.07, 6.45) is 0. The smallest absolute Gasteiger partial charge is 0.0430 e. The van der Waals surface area contributed by atoms with Crippen LogP contribution in [-0.2, 0) is 6.54 Å². The van der Waals surface area contributed by atoms with E-state index in [1.807, 2.05) is 0 Å². The highest BCUT2D eigenvalue weighted by atomic mass is 15.2. The van der Waals surface area contributed by atoms with E-state index in [4.69, 9.17) is 0 Å². The molecule has 3 rings (SSSR count). The van der Waals surface area contributed by atoms with Crippen LogP contribution in [-0.4, -0.2) is 32.1 Å². The molecular formula is C21H24N2. The topological polar surface area (TPSA) is 6.48 Å². The van der Waals surface area contributed by atoms with Crippen molar-refractivity contribution in [2.24, 2.45) is 0 Å². The number of rotatable bonds is 6. The minimum Gasteiger partial charge on any atom is -0.366 e. The van der Waals surface area contributed by atoms with Crippen LogP contribution < -0.4 is 4.90 Å². The lowest BCUT2D eigenvalue weighted by molar-refractivity contribution is 0.412. The Morgan fingerprint density at radius 3 is 2.13 bits per heavy atom. The summed E-state index contributed by atoms with van der Waals surface area (Å²) in [5.41, 5.74) is 2.63. The molecule has 0 fully saturated rings. The fraction of sp³-hybridized carbons (Fsp3) is 0.238. The van der Waals surface area contributed by atoms with Gasteiger partial charge in [0.05, 0.1) is 0 Å². The van der Waals surface area contributed by atoms with Crippen LogP contribution in [0.25, 0.3) is 10.8 Å². The number of fused-ring (bicyclic) bond motifs is 1. The molecule has 0 heterocycles. The molecule has 23 heavy (non-hydrogen) atoms. The van der Waals surface area contributed by atoms with Crippen molar-refractivity contribution in [2.75, 3.05) is 32.1 Å². The number of hydrogen-bond acceptors (Lipinski definition) is 2. The molecule has 3 aromatic carbocycles. The second-order valence-corrected chi connectivity index (χ2v) is 6.24. The second kappa shape index (κ2) is 7.30.